The van der Waals surface area contributed by atoms with E-state index in [0.29, 0.717) is 12.3 Å². The Labute approximate surface area is 209 Å². The molecular weight excluding hydrogens is 458 g/mol. The van der Waals surface area contributed by atoms with Crippen molar-refractivity contribution in [1.82, 2.24) is 15.3 Å². The highest BCUT2D eigenvalue weighted by atomic mass is 16.7. The summed E-state index contributed by atoms with van der Waals surface area (Å²) in [6.07, 6.45) is -0.987. The van der Waals surface area contributed by atoms with Gasteiger partial charge < -0.3 is 10.1 Å². The van der Waals surface area contributed by atoms with Crippen molar-refractivity contribution in [3.63, 3.8) is 0 Å². The number of hydroxylamine groups is 2. The maximum Gasteiger partial charge on any atom is 0.261 e. The van der Waals surface area contributed by atoms with Gasteiger partial charge in [0, 0.05) is 6.54 Å². The topological polar surface area (TPSA) is 88.2 Å². The van der Waals surface area contributed by atoms with Gasteiger partial charge in [0.2, 0.25) is 11.8 Å². The summed E-state index contributed by atoms with van der Waals surface area (Å²) in [5, 5.41) is 4.34. The molecule has 8 nitrogen and oxygen atoms in total. The van der Waals surface area contributed by atoms with Crippen LogP contribution in [0.25, 0.3) is 0 Å². The Balaban J connectivity index is 1.38. The first kappa shape index (κ1) is 23.7. The second-order valence-electron chi connectivity index (χ2n) is 8.86. The number of carbonyl (C=O) groups is 3. The van der Waals surface area contributed by atoms with Crippen molar-refractivity contribution in [3.8, 4) is 5.75 Å². The number of carbonyl (C=O) groups excluding carboxylic acids is 3. The number of nitrogens with one attached hydrogen (secondary N) is 1. The zero-order valence-electron chi connectivity index (χ0n) is 19.9. The van der Waals surface area contributed by atoms with E-state index in [0.717, 1.165) is 16.7 Å². The standard InChI is InChI=1S/C28H27N3O5/c1-35-22-14-8-13-21(15-22)25-24-26(28(34)30(27(24)33)17-20-11-6-3-7-12-20)36-31(25)18-23(32)29-16-19-9-4-2-5-10-19/h2-15,24-26H,16-18H2,1H3,(H,29,32). The summed E-state index contributed by atoms with van der Waals surface area (Å²) in [5.74, 6) is -1.13. The number of methoxy groups -OCH3 is 1. The highest BCUT2D eigenvalue weighted by Gasteiger charge is 2.59. The van der Waals surface area contributed by atoms with E-state index in [9.17, 15) is 14.4 Å². The summed E-state index contributed by atoms with van der Waals surface area (Å²) < 4.78 is 5.38. The van der Waals surface area contributed by atoms with E-state index in [-0.39, 0.29) is 24.9 Å². The number of nitrogens with zero attached hydrogens (tertiary/aromatic N) is 2. The Morgan fingerprint density at radius 3 is 2.31 bits per heavy atom. The molecule has 3 atom stereocenters. The van der Waals surface area contributed by atoms with E-state index in [2.05, 4.69) is 5.32 Å². The summed E-state index contributed by atoms with van der Waals surface area (Å²) in [5.41, 5.74) is 2.56. The van der Waals surface area contributed by atoms with Crippen LogP contribution in [0.1, 0.15) is 22.7 Å². The first-order chi connectivity index (χ1) is 17.5. The summed E-state index contributed by atoms with van der Waals surface area (Å²) >= 11 is 0. The summed E-state index contributed by atoms with van der Waals surface area (Å²) in [6, 6.07) is 25.6. The van der Waals surface area contributed by atoms with Gasteiger partial charge in [0.05, 0.1) is 25.6 Å². The van der Waals surface area contributed by atoms with Gasteiger partial charge in [0.15, 0.2) is 6.10 Å². The maximum atomic E-state index is 13.5. The molecule has 1 N–H and O–H groups in total. The van der Waals surface area contributed by atoms with Crippen LogP contribution in [-0.4, -0.2) is 47.4 Å². The van der Waals surface area contributed by atoms with Gasteiger partial charge >= 0.3 is 0 Å². The first-order valence-corrected chi connectivity index (χ1v) is 11.8. The Morgan fingerprint density at radius 1 is 0.917 bits per heavy atom. The molecule has 3 aromatic rings. The average Bonchev–Trinajstić information content (AvgIpc) is 3.39. The zero-order chi connectivity index (χ0) is 25.1. The van der Waals surface area contributed by atoms with Gasteiger partial charge in [-0.05, 0) is 28.8 Å². The fraction of sp³-hybridized carbons (Fsp3) is 0.250. The third-order valence-electron chi connectivity index (χ3n) is 6.54. The lowest BCUT2D eigenvalue weighted by atomic mass is 9.90. The van der Waals surface area contributed by atoms with E-state index in [4.69, 9.17) is 9.57 Å². The molecule has 2 fully saturated rings. The van der Waals surface area contributed by atoms with Crippen LogP contribution in [0.4, 0.5) is 0 Å². The molecule has 3 unspecified atom stereocenters. The average molecular weight is 486 g/mol. The monoisotopic (exact) mass is 485 g/mol. The molecule has 0 saturated carbocycles. The molecule has 2 saturated heterocycles. The number of fused-ring (bicyclic) bond motifs is 1. The largest absolute Gasteiger partial charge is 0.497 e. The van der Waals surface area contributed by atoms with Gasteiger partial charge in [-0.25, -0.2) is 0 Å². The van der Waals surface area contributed by atoms with E-state index >= 15 is 0 Å². The van der Waals surface area contributed by atoms with E-state index in [1.165, 1.54) is 9.96 Å². The van der Waals surface area contributed by atoms with Crippen LogP contribution < -0.4 is 10.1 Å². The second kappa shape index (κ2) is 10.3. The van der Waals surface area contributed by atoms with Crippen LogP contribution in [0, 0.1) is 5.92 Å². The van der Waals surface area contributed by atoms with Gasteiger partial charge in [-0.15, -0.1) is 0 Å². The van der Waals surface area contributed by atoms with E-state index in [1.807, 2.05) is 78.9 Å². The maximum absolute atomic E-state index is 13.5. The number of hydrogen-bond donors (Lipinski definition) is 1. The summed E-state index contributed by atoms with van der Waals surface area (Å²) in [6.45, 7) is 0.422. The highest BCUT2D eigenvalue weighted by Crippen LogP contribution is 2.45. The molecule has 0 spiro atoms. The van der Waals surface area contributed by atoms with E-state index in [1.54, 1.807) is 13.2 Å². The first-order valence-electron chi connectivity index (χ1n) is 11.8. The van der Waals surface area contributed by atoms with E-state index < -0.39 is 24.0 Å². The van der Waals surface area contributed by atoms with Gasteiger partial charge in [0.25, 0.3) is 5.91 Å². The number of likely N-dealkylation sites (tertiary alicyclic amines) is 1. The molecule has 184 valence electrons. The van der Waals surface area contributed by atoms with Crippen molar-refractivity contribution in [3.05, 3.63) is 102 Å². The SMILES string of the molecule is COc1cccc(C2C3C(=O)N(Cc4ccccc4)C(=O)C3ON2CC(=O)NCc2ccccc2)c1. The third kappa shape index (κ3) is 4.73. The quantitative estimate of drug-likeness (QED) is 0.494. The predicted octanol–water partition coefficient (Wildman–Crippen LogP) is 2.85. The molecule has 3 amide bonds. The van der Waals surface area contributed by atoms with Crippen molar-refractivity contribution in [2.24, 2.45) is 5.92 Å². The Kier molecular flexibility index (Phi) is 6.79. The lowest BCUT2D eigenvalue weighted by Crippen LogP contribution is -2.40. The summed E-state index contributed by atoms with van der Waals surface area (Å²) in [7, 11) is 1.56. The van der Waals surface area contributed by atoms with Gasteiger partial charge in [-0.1, -0.05) is 72.8 Å². The molecular formula is C28H27N3O5. The van der Waals surface area contributed by atoms with Crippen molar-refractivity contribution in [2.45, 2.75) is 25.2 Å². The van der Waals surface area contributed by atoms with Crippen molar-refractivity contribution in [1.29, 1.82) is 0 Å². The second-order valence-corrected chi connectivity index (χ2v) is 8.86. The number of hydrogen-bond acceptors (Lipinski definition) is 6. The predicted molar refractivity (Wildman–Crippen MR) is 131 cm³/mol. The molecule has 0 bridgehead atoms. The van der Waals surface area contributed by atoms with Crippen LogP contribution in [0.3, 0.4) is 0 Å². The summed E-state index contributed by atoms with van der Waals surface area (Å²) in [4.78, 5) is 46.9. The number of amides is 3. The highest BCUT2D eigenvalue weighted by molar-refractivity contribution is 6.07. The normalized spacial score (nSPS) is 21.5. The Bertz CT molecular complexity index is 1250. The minimum Gasteiger partial charge on any atom is -0.497 e. The molecule has 8 heteroatoms. The number of rotatable bonds is 8. The van der Waals surface area contributed by atoms with Crippen LogP contribution in [0.15, 0.2) is 84.9 Å². The van der Waals surface area contributed by atoms with Gasteiger partial charge in [-0.3, -0.25) is 24.1 Å². The molecule has 36 heavy (non-hydrogen) atoms. The molecule has 2 aliphatic rings. The lowest BCUT2D eigenvalue weighted by molar-refractivity contribution is -0.182. The Hall–Kier alpha value is -4.01. The molecule has 0 aromatic heterocycles. The zero-order valence-corrected chi connectivity index (χ0v) is 19.9. The fourth-order valence-corrected chi connectivity index (χ4v) is 4.78. The molecule has 2 aliphatic heterocycles. The van der Waals surface area contributed by atoms with Gasteiger partial charge in [0.1, 0.15) is 12.3 Å². The van der Waals surface area contributed by atoms with Crippen molar-refractivity contribution >= 4 is 17.7 Å². The number of benzene rings is 3. The fourth-order valence-electron chi connectivity index (χ4n) is 4.78. The number of imide groups is 1. The van der Waals surface area contributed by atoms with Crippen molar-refractivity contribution in [2.75, 3.05) is 13.7 Å². The van der Waals surface area contributed by atoms with Crippen LogP contribution in [-0.2, 0) is 32.3 Å². The lowest BCUT2D eigenvalue weighted by Gasteiger charge is -2.27. The molecule has 0 aliphatic carbocycles. The van der Waals surface area contributed by atoms with Crippen molar-refractivity contribution < 1.29 is 24.0 Å². The smallest absolute Gasteiger partial charge is 0.261 e. The number of ether oxygens (including phenoxy) is 1. The molecule has 2 heterocycles. The van der Waals surface area contributed by atoms with Gasteiger partial charge in [-0.2, -0.15) is 5.06 Å². The van der Waals surface area contributed by atoms with Crippen LogP contribution in [0.5, 0.6) is 5.75 Å². The molecule has 0 radical (unpaired) electrons. The minimum absolute atomic E-state index is 0.124. The van der Waals surface area contributed by atoms with Crippen LogP contribution >= 0.6 is 0 Å². The third-order valence-corrected chi connectivity index (χ3v) is 6.54. The van der Waals surface area contributed by atoms with Crippen LogP contribution in [0.2, 0.25) is 0 Å². The minimum atomic E-state index is -0.987. The molecule has 5 rings (SSSR count). The molecule has 3 aromatic carbocycles. The Morgan fingerprint density at radius 2 is 1.61 bits per heavy atom.